The molecular formula is C12H30O21Si8. The summed E-state index contributed by atoms with van der Waals surface area (Å²) in [5.41, 5.74) is 0. The van der Waals surface area contributed by atoms with E-state index in [2.05, 4.69) is 0 Å². The molecule has 6 aliphatic rings. The van der Waals surface area contributed by atoms with E-state index in [9.17, 15) is 25.2 Å². The summed E-state index contributed by atoms with van der Waals surface area (Å²) in [4.78, 5) is 12.4. The lowest BCUT2D eigenvalue weighted by Gasteiger charge is -2.59. The van der Waals surface area contributed by atoms with Crippen molar-refractivity contribution in [3.8, 4) is 0 Å². The zero-order valence-electron chi connectivity index (χ0n) is 22.2. The molecule has 21 nitrogen and oxygen atoms in total. The molecule has 0 amide bonds. The van der Waals surface area contributed by atoms with Crippen LogP contribution >= 0.6 is 0 Å². The highest BCUT2D eigenvalue weighted by molar-refractivity contribution is 7.01. The molecule has 6 heterocycles. The van der Waals surface area contributed by atoms with Gasteiger partial charge in [-0.1, -0.05) is 0 Å². The van der Waals surface area contributed by atoms with Crippen molar-refractivity contribution in [2.45, 2.75) is 19.4 Å². The average molecular weight is 735 g/mol. The van der Waals surface area contributed by atoms with Crippen LogP contribution in [0.25, 0.3) is 0 Å². The van der Waals surface area contributed by atoms with Crippen molar-refractivity contribution in [3.05, 3.63) is 0 Å². The lowest BCUT2D eigenvalue weighted by molar-refractivity contribution is -0.143. The largest absolute Gasteiger partial charge is 0.660 e. The van der Waals surface area contributed by atoms with Gasteiger partial charge in [0.05, 0.1) is 6.61 Å². The maximum Gasteiger partial charge on any atom is 0.660 e. The first-order valence-corrected chi connectivity index (χ1v) is 26.6. The van der Waals surface area contributed by atoms with E-state index in [-0.39, 0.29) is 19.1 Å². The molecule has 6 aliphatic heterocycles. The molecule has 0 radical (unpaired) electrons. The smallest absolute Gasteiger partial charge is 0.466 e. The summed E-state index contributed by atoms with van der Waals surface area (Å²) in [5, 5.41) is 42.4. The predicted molar refractivity (Wildman–Crippen MR) is 134 cm³/mol. The van der Waals surface area contributed by atoms with Gasteiger partial charge >= 0.3 is 77.1 Å². The molecule has 4 N–H and O–H groups in total. The maximum absolute atomic E-state index is 12.4. The van der Waals surface area contributed by atoms with Gasteiger partial charge in [0.25, 0.3) is 0 Å². The van der Waals surface area contributed by atoms with Crippen LogP contribution in [-0.4, -0.2) is 150 Å². The number of rotatable bonds is 11. The fraction of sp³-hybridized carbons (Fsp3) is 0.917. The third kappa shape index (κ3) is 5.70. The third-order valence-electron chi connectivity index (χ3n) is 5.92. The van der Waals surface area contributed by atoms with E-state index in [0.29, 0.717) is 0 Å². The van der Waals surface area contributed by atoms with Gasteiger partial charge in [0.1, 0.15) is 24.9 Å². The molecule has 7 unspecified atom stereocenters. The molecule has 236 valence electrons. The molecular weight excluding hydrogens is 705 g/mol. The number of hydrogen-bond donors (Lipinski definition) is 4. The average Bonchev–Trinajstić information content (AvgIpc) is 2.91. The predicted octanol–water partition coefficient (Wildman–Crippen LogP) is -4.73. The Morgan fingerprint density at radius 2 is 0.854 bits per heavy atom. The van der Waals surface area contributed by atoms with Gasteiger partial charge in [-0.2, -0.15) is 0 Å². The molecule has 0 aromatic carbocycles. The van der Waals surface area contributed by atoms with Crippen molar-refractivity contribution in [1.82, 2.24) is 0 Å². The topological polar surface area (TPSA) is 246 Å². The molecule has 8 bridgehead atoms. The number of hydrogen-bond acceptors (Lipinski definition) is 21. The Bertz CT molecular complexity index is 887. The fourth-order valence-corrected chi connectivity index (χ4v) is 44.7. The first-order chi connectivity index (χ1) is 19.4. The Labute approximate surface area is 241 Å². The number of carbonyl (C=O) groups is 1. The lowest BCUT2D eigenvalue weighted by atomic mass is 10.5. The van der Waals surface area contributed by atoms with Crippen LogP contribution in [0.1, 0.15) is 13.3 Å². The summed E-state index contributed by atoms with van der Waals surface area (Å²) in [7, 11) is -34.5. The van der Waals surface area contributed by atoms with E-state index in [4.69, 9.17) is 67.4 Å². The standard InChI is InChI=1S/C12H30O21Si8/c1-5-21-12(17)6-7-34-22-35(8-13)23-36(9-14)25-38(11-16)26-37(10-15,24-35)30-40(19-3,28-34)33-41(20-4,31-38)32-39(18-2,27-34)29-36/h13-16H,5-11H2,1-4H3/t34?,35?,36-,37?,38?,39?,40?,41?/m0/s1. The summed E-state index contributed by atoms with van der Waals surface area (Å²) in [6.07, 6.45) is -4.50. The number of aliphatic hydroxyl groups excluding tert-OH is 4. The number of ether oxygens (including phenoxy) is 1. The van der Waals surface area contributed by atoms with E-state index in [0.717, 1.165) is 21.3 Å². The van der Waals surface area contributed by atoms with Crippen LogP contribution < -0.4 is 0 Å². The summed E-state index contributed by atoms with van der Waals surface area (Å²) in [6, 6.07) is -0.385. The minimum absolute atomic E-state index is 0.0726. The monoisotopic (exact) mass is 734 g/mol. The van der Waals surface area contributed by atoms with Crippen molar-refractivity contribution < 1.29 is 92.6 Å². The highest BCUT2D eigenvalue weighted by Gasteiger charge is 2.86. The van der Waals surface area contributed by atoms with Crippen LogP contribution in [0.5, 0.6) is 0 Å². The zero-order valence-corrected chi connectivity index (χ0v) is 30.2. The van der Waals surface area contributed by atoms with Gasteiger partial charge in [0, 0.05) is 33.8 Å². The summed E-state index contributed by atoms with van der Waals surface area (Å²) >= 11 is 0. The Balaban J connectivity index is 1.80. The Morgan fingerprint density at radius 1 is 0.537 bits per heavy atom. The first kappa shape index (κ1) is 32.8. The summed E-state index contributed by atoms with van der Waals surface area (Å²) < 4.78 is 96.2. The third-order valence-corrected chi connectivity index (χ3v) is 37.5. The molecule has 0 aliphatic carbocycles. The minimum Gasteiger partial charge on any atom is -0.466 e. The number of esters is 1. The van der Waals surface area contributed by atoms with E-state index < -0.39 is 102 Å². The van der Waals surface area contributed by atoms with Gasteiger partial charge in [-0.15, -0.1) is 0 Å². The van der Waals surface area contributed by atoms with Crippen LogP contribution in [0.2, 0.25) is 6.04 Å². The first-order valence-electron chi connectivity index (χ1n) is 12.0. The van der Waals surface area contributed by atoms with E-state index in [1.165, 1.54) is 0 Å². The van der Waals surface area contributed by atoms with E-state index in [1.54, 1.807) is 6.92 Å². The van der Waals surface area contributed by atoms with Crippen molar-refractivity contribution in [2.75, 3.05) is 52.9 Å². The molecule has 0 aromatic rings. The van der Waals surface area contributed by atoms with Gasteiger partial charge in [-0.05, 0) is 6.92 Å². The highest BCUT2D eigenvalue weighted by atomic mass is 28.6. The maximum atomic E-state index is 12.4. The normalized spacial score (nSPS) is 48.7. The molecule has 8 atom stereocenters. The fourth-order valence-electron chi connectivity index (χ4n) is 4.35. The summed E-state index contributed by atoms with van der Waals surface area (Å²) in [6.45, 7) is 1.69. The van der Waals surface area contributed by atoms with Crippen LogP contribution in [0.15, 0.2) is 0 Å². The van der Waals surface area contributed by atoms with E-state index in [1.807, 2.05) is 0 Å². The highest BCUT2D eigenvalue weighted by Crippen LogP contribution is 2.49. The van der Waals surface area contributed by atoms with Gasteiger partial charge in [-0.3, -0.25) is 4.79 Å². The van der Waals surface area contributed by atoms with Gasteiger partial charge < -0.3 is 87.8 Å². The van der Waals surface area contributed by atoms with Gasteiger partial charge in [-0.25, -0.2) is 0 Å². The zero-order chi connectivity index (χ0) is 29.8. The second-order valence-electron chi connectivity index (χ2n) is 8.69. The number of aliphatic hydroxyl groups is 4. The second-order valence-corrected chi connectivity index (χ2v) is 31.3. The van der Waals surface area contributed by atoms with Crippen molar-refractivity contribution in [1.29, 1.82) is 0 Å². The molecule has 0 saturated carbocycles. The van der Waals surface area contributed by atoms with Crippen LogP contribution in [0, 0.1) is 0 Å². The molecule has 41 heavy (non-hydrogen) atoms. The second kappa shape index (κ2) is 11.4. The van der Waals surface area contributed by atoms with Crippen LogP contribution in [0.4, 0.5) is 0 Å². The minimum atomic E-state index is -4.80. The van der Waals surface area contributed by atoms with Crippen molar-refractivity contribution in [2.24, 2.45) is 0 Å². The Morgan fingerprint density at radius 3 is 1.20 bits per heavy atom. The SMILES string of the molecule is CCOC(=O)CC[Si]12O[Si]3(CO)O[Si]4(CO)O[Si]5(CO)O[Si](OC)(O[Si](OC)(O4)O1)O[Si](OC)(O2)O[Si@@](CO)(O3)O5. The summed E-state index contributed by atoms with van der Waals surface area (Å²) in [5.74, 6) is -0.669. The molecule has 0 aromatic heterocycles. The van der Waals surface area contributed by atoms with Crippen LogP contribution in [-0.2, 0) is 72.2 Å². The van der Waals surface area contributed by atoms with E-state index >= 15 is 0 Å². The molecule has 29 heteroatoms. The molecule has 6 saturated heterocycles. The molecule has 6 rings (SSSR count). The quantitative estimate of drug-likeness (QED) is 0.115. The van der Waals surface area contributed by atoms with Gasteiger partial charge in [0.2, 0.25) is 0 Å². The number of carbonyl (C=O) groups excluding carboxylic acids is 1. The lowest BCUT2D eigenvalue weighted by Crippen LogP contribution is -2.91. The van der Waals surface area contributed by atoms with Crippen molar-refractivity contribution >= 4 is 77.1 Å². The Hall–Kier alpha value is 0.445. The molecule has 6 fully saturated rings. The van der Waals surface area contributed by atoms with Crippen LogP contribution in [0.3, 0.4) is 0 Å². The molecule has 0 spiro atoms. The van der Waals surface area contributed by atoms with Crippen molar-refractivity contribution in [3.63, 3.8) is 0 Å². The Kier molecular flexibility index (Phi) is 9.09. The van der Waals surface area contributed by atoms with Gasteiger partial charge in [0.15, 0.2) is 0 Å².